The molecular formula is C23H21N3O3S. The second-order valence-corrected chi connectivity index (χ2v) is 8.13. The summed E-state index contributed by atoms with van der Waals surface area (Å²) >= 11 is 1.51. The average Bonchev–Trinajstić information content (AvgIpc) is 3.27. The SMILES string of the molecule is CC(=O)c1c(C)[nH]c(C(=O)COc2ncnc3scc(-c4ccc(C)cc4)c23)c1C. The number of H-pyrrole nitrogens is 1. The molecule has 7 heteroatoms. The van der Waals surface area contributed by atoms with Crippen LogP contribution in [0.3, 0.4) is 0 Å². The molecule has 0 radical (unpaired) electrons. The Kier molecular flexibility index (Phi) is 5.22. The fraction of sp³-hybridized carbons (Fsp3) is 0.217. The van der Waals surface area contributed by atoms with Gasteiger partial charge in [-0.15, -0.1) is 11.3 Å². The Bertz CT molecular complexity index is 1270. The number of Topliss-reactive ketones (excluding diaryl/α,β-unsaturated/α-hetero) is 2. The Morgan fingerprint density at radius 3 is 2.50 bits per heavy atom. The van der Waals surface area contributed by atoms with Crippen LogP contribution in [0.1, 0.15) is 44.6 Å². The largest absolute Gasteiger partial charge is 0.469 e. The molecule has 6 nitrogen and oxygen atoms in total. The third kappa shape index (κ3) is 3.52. The molecule has 1 aromatic carbocycles. The number of aromatic nitrogens is 3. The van der Waals surface area contributed by atoms with Gasteiger partial charge in [-0.3, -0.25) is 9.59 Å². The molecule has 0 saturated heterocycles. The van der Waals surface area contributed by atoms with E-state index in [4.69, 9.17) is 4.74 Å². The van der Waals surface area contributed by atoms with Gasteiger partial charge in [-0.05, 0) is 38.8 Å². The van der Waals surface area contributed by atoms with Crippen LogP contribution in [0.2, 0.25) is 0 Å². The smallest absolute Gasteiger partial charge is 0.226 e. The van der Waals surface area contributed by atoms with E-state index in [1.54, 1.807) is 13.8 Å². The molecule has 0 amide bonds. The average molecular weight is 420 g/mol. The summed E-state index contributed by atoms with van der Waals surface area (Å²) in [6, 6.07) is 8.20. The van der Waals surface area contributed by atoms with E-state index in [1.807, 2.05) is 24.4 Å². The molecule has 0 atom stereocenters. The van der Waals surface area contributed by atoms with E-state index in [-0.39, 0.29) is 18.2 Å². The van der Waals surface area contributed by atoms with E-state index in [0.29, 0.717) is 28.4 Å². The van der Waals surface area contributed by atoms with E-state index in [9.17, 15) is 9.59 Å². The maximum Gasteiger partial charge on any atom is 0.226 e. The van der Waals surface area contributed by atoms with E-state index in [1.165, 1.54) is 30.2 Å². The molecule has 0 aliphatic rings. The van der Waals surface area contributed by atoms with Crippen molar-refractivity contribution in [2.24, 2.45) is 0 Å². The van der Waals surface area contributed by atoms with Gasteiger partial charge in [0.15, 0.2) is 12.4 Å². The number of aromatic amines is 1. The summed E-state index contributed by atoms with van der Waals surface area (Å²) in [7, 11) is 0. The van der Waals surface area contributed by atoms with Gasteiger partial charge in [0.2, 0.25) is 11.7 Å². The number of carbonyl (C=O) groups excluding carboxylic acids is 2. The molecule has 0 unspecified atom stereocenters. The lowest BCUT2D eigenvalue weighted by Gasteiger charge is -2.08. The number of ketones is 2. The number of hydrogen-bond donors (Lipinski definition) is 1. The molecule has 3 heterocycles. The number of thiophene rings is 1. The van der Waals surface area contributed by atoms with Crippen LogP contribution in [-0.2, 0) is 0 Å². The predicted octanol–water partition coefficient (Wildman–Crippen LogP) is 5.08. The molecule has 3 aromatic heterocycles. The second-order valence-electron chi connectivity index (χ2n) is 7.27. The van der Waals surface area contributed by atoms with Crippen LogP contribution >= 0.6 is 11.3 Å². The standard InChI is InChI=1S/C23H21N3O3S/c1-12-5-7-16(8-6-12)17-10-30-23-20(17)22(24-11-25-23)29-9-18(28)21-13(2)19(15(4)27)14(3)26-21/h5-8,10-11,26H,9H2,1-4H3. The number of ether oxygens (including phenoxy) is 1. The zero-order valence-corrected chi connectivity index (χ0v) is 18.0. The summed E-state index contributed by atoms with van der Waals surface area (Å²) in [5, 5.41) is 2.82. The maximum absolute atomic E-state index is 12.8. The van der Waals surface area contributed by atoms with Crippen molar-refractivity contribution in [3.8, 4) is 17.0 Å². The molecule has 0 fully saturated rings. The summed E-state index contributed by atoms with van der Waals surface area (Å²) in [5.41, 5.74) is 5.49. The number of aryl methyl sites for hydroxylation is 2. The molecule has 30 heavy (non-hydrogen) atoms. The fourth-order valence-electron chi connectivity index (χ4n) is 3.67. The van der Waals surface area contributed by atoms with Gasteiger partial charge < -0.3 is 9.72 Å². The van der Waals surface area contributed by atoms with Gasteiger partial charge >= 0.3 is 0 Å². The highest BCUT2D eigenvalue weighted by Crippen LogP contribution is 2.37. The normalized spacial score (nSPS) is 11.1. The zero-order valence-electron chi connectivity index (χ0n) is 17.2. The molecule has 0 saturated carbocycles. The lowest BCUT2D eigenvalue weighted by atomic mass is 10.0. The Hall–Kier alpha value is -3.32. The van der Waals surface area contributed by atoms with E-state index < -0.39 is 0 Å². The molecular weight excluding hydrogens is 398 g/mol. The number of fused-ring (bicyclic) bond motifs is 1. The van der Waals surface area contributed by atoms with Crippen molar-refractivity contribution in [1.29, 1.82) is 0 Å². The second kappa shape index (κ2) is 7.84. The van der Waals surface area contributed by atoms with Crippen LogP contribution < -0.4 is 4.74 Å². The van der Waals surface area contributed by atoms with Crippen LogP contribution in [0.15, 0.2) is 36.0 Å². The molecule has 4 aromatic rings. The molecule has 1 N–H and O–H groups in total. The first kappa shape index (κ1) is 20.0. The van der Waals surface area contributed by atoms with Crippen molar-refractivity contribution < 1.29 is 14.3 Å². The summed E-state index contributed by atoms with van der Waals surface area (Å²) in [6.07, 6.45) is 1.44. The van der Waals surface area contributed by atoms with E-state index >= 15 is 0 Å². The quantitative estimate of drug-likeness (QED) is 0.441. The minimum absolute atomic E-state index is 0.0697. The van der Waals surface area contributed by atoms with Crippen LogP contribution in [0, 0.1) is 20.8 Å². The van der Waals surface area contributed by atoms with Crippen LogP contribution in [0.25, 0.3) is 21.3 Å². The van der Waals surface area contributed by atoms with E-state index in [0.717, 1.165) is 21.3 Å². The third-order valence-corrected chi connectivity index (χ3v) is 5.99. The lowest BCUT2D eigenvalue weighted by Crippen LogP contribution is -2.14. The summed E-state index contributed by atoms with van der Waals surface area (Å²) < 4.78 is 5.85. The predicted molar refractivity (Wildman–Crippen MR) is 118 cm³/mol. The Morgan fingerprint density at radius 1 is 1.10 bits per heavy atom. The summed E-state index contributed by atoms with van der Waals surface area (Å²) in [4.78, 5) is 37.1. The molecule has 152 valence electrons. The zero-order chi connectivity index (χ0) is 21.4. The third-order valence-electron chi connectivity index (χ3n) is 5.11. The molecule has 0 aliphatic heterocycles. The molecule has 0 aliphatic carbocycles. The number of hydrogen-bond acceptors (Lipinski definition) is 6. The summed E-state index contributed by atoms with van der Waals surface area (Å²) in [5.74, 6) is 0.0691. The number of carbonyl (C=O) groups is 2. The lowest BCUT2D eigenvalue weighted by molar-refractivity contribution is 0.0914. The Labute approximate surface area is 178 Å². The summed E-state index contributed by atoms with van der Waals surface area (Å²) in [6.45, 7) is 6.90. The van der Waals surface area contributed by atoms with Crippen molar-refractivity contribution in [1.82, 2.24) is 15.0 Å². The first-order chi connectivity index (χ1) is 14.4. The Morgan fingerprint density at radius 2 is 1.83 bits per heavy atom. The van der Waals surface area contributed by atoms with Gasteiger partial charge in [0.05, 0.1) is 11.1 Å². The number of nitrogens with one attached hydrogen (secondary N) is 1. The number of benzene rings is 1. The van der Waals surface area contributed by atoms with E-state index in [2.05, 4.69) is 27.1 Å². The first-order valence-corrected chi connectivity index (χ1v) is 10.4. The number of rotatable bonds is 6. The van der Waals surface area contributed by atoms with Gasteiger partial charge in [-0.25, -0.2) is 9.97 Å². The maximum atomic E-state index is 12.8. The van der Waals surface area contributed by atoms with Crippen molar-refractivity contribution in [2.75, 3.05) is 6.61 Å². The van der Waals surface area contributed by atoms with Crippen LogP contribution in [0.5, 0.6) is 5.88 Å². The van der Waals surface area contributed by atoms with Crippen LogP contribution in [-0.4, -0.2) is 33.1 Å². The van der Waals surface area contributed by atoms with Crippen molar-refractivity contribution >= 4 is 33.1 Å². The fourth-order valence-corrected chi connectivity index (χ4v) is 4.57. The van der Waals surface area contributed by atoms with Gasteiger partial charge in [0.1, 0.15) is 11.2 Å². The first-order valence-electron chi connectivity index (χ1n) is 9.52. The van der Waals surface area contributed by atoms with Gasteiger partial charge in [-0.2, -0.15) is 0 Å². The minimum Gasteiger partial charge on any atom is -0.469 e. The Balaban J connectivity index is 1.64. The van der Waals surface area contributed by atoms with Gasteiger partial charge in [0, 0.05) is 22.2 Å². The van der Waals surface area contributed by atoms with Crippen molar-refractivity contribution in [3.05, 3.63) is 64.1 Å². The van der Waals surface area contributed by atoms with Crippen molar-refractivity contribution in [3.63, 3.8) is 0 Å². The van der Waals surface area contributed by atoms with Gasteiger partial charge in [0.25, 0.3) is 0 Å². The highest BCUT2D eigenvalue weighted by atomic mass is 32.1. The minimum atomic E-state index is -0.234. The highest BCUT2D eigenvalue weighted by molar-refractivity contribution is 7.17. The molecule has 0 bridgehead atoms. The van der Waals surface area contributed by atoms with Gasteiger partial charge in [-0.1, -0.05) is 29.8 Å². The highest BCUT2D eigenvalue weighted by Gasteiger charge is 2.21. The monoisotopic (exact) mass is 419 g/mol. The number of nitrogens with zero attached hydrogens (tertiary/aromatic N) is 2. The van der Waals surface area contributed by atoms with Crippen LogP contribution in [0.4, 0.5) is 0 Å². The van der Waals surface area contributed by atoms with Crippen molar-refractivity contribution in [2.45, 2.75) is 27.7 Å². The molecule has 0 spiro atoms. The molecule has 4 rings (SSSR count). The topological polar surface area (TPSA) is 84.9 Å².